The molecule has 2 fully saturated rings. The number of carbonyl (C=O) groups excluding carboxylic acids is 2. The molecule has 4 nitrogen and oxygen atoms in total. The van der Waals surface area contributed by atoms with Crippen LogP contribution >= 0.6 is 0 Å². The van der Waals surface area contributed by atoms with Gasteiger partial charge in [-0.25, -0.2) is 0 Å². The summed E-state index contributed by atoms with van der Waals surface area (Å²) in [6.07, 6.45) is -4.78. The molecule has 4 bridgehead atoms. The van der Waals surface area contributed by atoms with E-state index in [-0.39, 0.29) is 47.6 Å². The fourth-order valence-electron chi connectivity index (χ4n) is 6.97. The van der Waals surface area contributed by atoms with Crippen molar-refractivity contribution < 1.29 is 22.8 Å². The number of rotatable bonds is 0. The summed E-state index contributed by atoms with van der Waals surface area (Å²) < 4.78 is 37.9. The van der Waals surface area contributed by atoms with Gasteiger partial charge in [0, 0.05) is 37.4 Å². The van der Waals surface area contributed by atoms with E-state index in [9.17, 15) is 22.8 Å². The predicted molar refractivity (Wildman–Crippen MR) is 127 cm³/mol. The molecule has 186 valence electrons. The summed E-state index contributed by atoms with van der Waals surface area (Å²) in [5, 5.41) is 3.01. The number of benzene rings is 2. The molecular weight excluding hydrogens is 453 g/mol. The highest BCUT2D eigenvalue weighted by molar-refractivity contribution is 5.88. The van der Waals surface area contributed by atoms with E-state index in [1.807, 2.05) is 30.3 Å². The van der Waals surface area contributed by atoms with Crippen LogP contribution in [0.15, 0.2) is 48.5 Å². The number of fused-ring (bicyclic) bond motifs is 10. The highest BCUT2D eigenvalue weighted by atomic mass is 19.4. The van der Waals surface area contributed by atoms with E-state index in [4.69, 9.17) is 0 Å². The highest BCUT2D eigenvalue weighted by Gasteiger charge is 2.55. The first-order valence-corrected chi connectivity index (χ1v) is 12.2. The van der Waals surface area contributed by atoms with Crippen LogP contribution in [0.5, 0.6) is 0 Å². The molecule has 7 heteroatoms. The molecule has 2 amide bonds. The normalized spacial score (nSPS) is 28.9. The number of piperidine rings is 2. The maximum atomic E-state index is 12.6. The third kappa shape index (κ3) is 3.57. The Hall–Kier alpha value is -2.83. The summed E-state index contributed by atoms with van der Waals surface area (Å²) in [5.41, 5.74) is 4.77. The summed E-state index contributed by atoms with van der Waals surface area (Å²) in [6.45, 7) is 9.68. The van der Waals surface area contributed by atoms with Crippen LogP contribution in [-0.2, 0) is 9.59 Å². The second-order valence-corrected chi connectivity index (χ2v) is 11.4. The Morgan fingerprint density at radius 2 is 1.29 bits per heavy atom. The Morgan fingerprint density at radius 1 is 0.829 bits per heavy atom. The summed E-state index contributed by atoms with van der Waals surface area (Å²) in [7, 11) is 0. The maximum absolute atomic E-state index is 12.6. The molecular formula is C28H31F3N2O2. The van der Waals surface area contributed by atoms with E-state index in [1.165, 1.54) is 11.1 Å². The standard InChI is InChI=1S/C15H16F3NO.C13H15NO/c1-14(2)11-7-19(13(20)15(16,17)18)8-12(14)10-6-4-3-5-9(10)11;1-13(2)10-7-14-12(15)11(13)9-6-4-3-5-8(9)10/h3-6,11-12H,7-8H2,1-2H3;3-6,10-11H,7H2,1-2H3,(H,14,15). The molecule has 1 N–H and O–H groups in total. The first kappa shape index (κ1) is 23.9. The summed E-state index contributed by atoms with van der Waals surface area (Å²) >= 11 is 0. The molecule has 0 radical (unpaired) electrons. The van der Waals surface area contributed by atoms with Crippen LogP contribution in [0.1, 0.15) is 73.6 Å². The van der Waals surface area contributed by atoms with Crippen LogP contribution in [0.3, 0.4) is 0 Å². The molecule has 2 heterocycles. The van der Waals surface area contributed by atoms with Gasteiger partial charge < -0.3 is 10.2 Å². The van der Waals surface area contributed by atoms with Gasteiger partial charge in [-0.2, -0.15) is 13.2 Å². The number of nitrogens with zero attached hydrogens (tertiary/aromatic N) is 1. The van der Waals surface area contributed by atoms with Gasteiger partial charge in [0.15, 0.2) is 0 Å². The van der Waals surface area contributed by atoms with Gasteiger partial charge in [-0.3, -0.25) is 9.59 Å². The molecule has 6 rings (SSSR count). The Bertz CT molecular complexity index is 1150. The van der Waals surface area contributed by atoms with Crippen molar-refractivity contribution in [3.8, 4) is 0 Å². The molecule has 2 aliphatic heterocycles. The van der Waals surface area contributed by atoms with E-state index in [1.54, 1.807) is 0 Å². The minimum Gasteiger partial charge on any atom is -0.355 e. The van der Waals surface area contributed by atoms with Crippen LogP contribution in [0.25, 0.3) is 0 Å². The Kier molecular flexibility index (Phi) is 5.35. The summed E-state index contributed by atoms with van der Waals surface area (Å²) in [4.78, 5) is 24.4. The van der Waals surface area contributed by atoms with Crippen molar-refractivity contribution in [2.45, 2.75) is 57.5 Å². The Balaban J connectivity index is 0.000000151. The van der Waals surface area contributed by atoms with Crippen molar-refractivity contribution in [3.63, 3.8) is 0 Å². The lowest BCUT2D eigenvalue weighted by Crippen LogP contribution is -2.51. The molecule has 2 saturated heterocycles. The van der Waals surface area contributed by atoms with Crippen LogP contribution in [-0.4, -0.2) is 42.5 Å². The second kappa shape index (κ2) is 7.84. The Morgan fingerprint density at radius 3 is 1.77 bits per heavy atom. The van der Waals surface area contributed by atoms with Crippen LogP contribution in [0.4, 0.5) is 13.2 Å². The third-order valence-electron chi connectivity index (χ3n) is 8.95. The SMILES string of the molecule is CC1(C)C2CN(C(=O)C(F)(F)F)CC1c1ccccc12.CC1(C)C2CNC(=O)C1c1ccccc12. The zero-order valence-electron chi connectivity index (χ0n) is 20.4. The smallest absolute Gasteiger partial charge is 0.355 e. The monoisotopic (exact) mass is 484 g/mol. The predicted octanol–water partition coefficient (Wildman–Crippen LogP) is 5.32. The molecule has 35 heavy (non-hydrogen) atoms. The second-order valence-electron chi connectivity index (χ2n) is 11.4. The van der Waals surface area contributed by atoms with E-state index in [2.05, 4.69) is 51.2 Å². The van der Waals surface area contributed by atoms with Gasteiger partial charge in [0.1, 0.15) is 0 Å². The fraction of sp³-hybridized carbons (Fsp3) is 0.500. The number of likely N-dealkylation sites (tertiary alicyclic amines) is 1. The third-order valence-corrected chi connectivity index (χ3v) is 8.95. The van der Waals surface area contributed by atoms with Gasteiger partial charge in [-0.15, -0.1) is 0 Å². The minimum absolute atomic E-state index is 0.0243. The largest absolute Gasteiger partial charge is 0.471 e. The number of hydrogen-bond acceptors (Lipinski definition) is 2. The van der Waals surface area contributed by atoms with Crippen molar-refractivity contribution in [3.05, 3.63) is 70.8 Å². The molecule has 2 aromatic carbocycles. The molecule has 2 aromatic rings. The number of nitrogens with one attached hydrogen (secondary N) is 1. The van der Waals surface area contributed by atoms with Gasteiger partial charge in [0.05, 0.1) is 5.92 Å². The average Bonchev–Trinajstić information content (AvgIpc) is 2.98. The number of halogens is 3. The lowest BCUT2D eigenvalue weighted by atomic mass is 9.70. The topological polar surface area (TPSA) is 49.4 Å². The van der Waals surface area contributed by atoms with E-state index < -0.39 is 12.1 Å². The summed E-state index contributed by atoms with van der Waals surface area (Å²) in [5.74, 6) is -1.03. The van der Waals surface area contributed by atoms with Crippen molar-refractivity contribution in [2.75, 3.05) is 19.6 Å². The first-order valence-electron chi connectivity index (χ1n) is 12.2. The zero-order valence-corrected chi connectivity index (χ0v) is 20.4. The quantitative estimate of drug-likeness (QED) is 0.550. The van der Waals surface area contributed by atoms with E-state index >= 15 is 0 Å². The number of alkyl halides is 3. The Labute approximate surface area is 203 Å². The average molecular weight is 485 g/mol. The number of hydrogen-bond donors (Lipinski definition) is 1. The molecule has 0 spiro atoms. The zero-order chi connectivity index (χ0) is 25.3. The lowest BCUT2D eigenvalue weighted by Gasteiger charge is -2.44. The highest BCUT2D eigenvalue weighted by Crippen LogP contribution is 2.58. The van der Waals surface area contributed by atoms with Crippen molar-refractivity contribution >= 4 is 11.8 Å². The van der Waals surface area contributed by atoms with Crippen molar-refractivity contribution in [1.29, 1.82) is 0 Å². The molecule has 0 saturated carbocycles. The van der Waals surface area contributed by atoms with Gasteiger partial charge in [0.2, 0.25) is 5.91 Å². The van der Waals surface area contributed by atoms with Gasteiger partial charge in [-0.05, 0) is 33.1 Å². The van der Waals surface area contributed by atoms with Crippen molar-refractivity contribution in [1.82, 2.24) is 10.2 Å². The lowest BCUT2D eigenvalue weighted by molar-refractivity contribution is -0.188. The van der Waals surface area contributed by atoms with Gasteiger partial charge >= 0.3 is 12.1 Å². The van der Waals surface area contributed by atoms with Crippen molar-refractivity contribution in [2.24, 2.45) is 10.8 Å². The van der Waals surface area contributed by atoms with Gasteiger partial charge in [-0.1, -0.05) is 76.2 Å². The number of carbonyl (C=O) groups is 2. The van der Waals surface area contributed by atoms with Crippen LogP contribution in [0, 0.1) is 10.8 Å². The van der Waals surface area contributed by atoms with Gasteiger partial charge in [0.25, 0.3) is 0 Å². The molecule has 2 aliphatic carbocycles. The summed E-state index contributed by atoms with van der Waals surface area (Å²) in [6, 6.07) is 16.1. The minimum atomic E-state index is -4.78. The van der Waals surface area contributed by atoms with E-state index in [0.717, 1.165) is 22.6 Å². The van der Waals surface area contributed by atoms with Crippen LogP contribution in [0.2, 0.25) is 0 Å². The van der Waals surface area contributed by atoms with E-state index in [0.29, 0.717) is 5.92 Å². The number of amides is 2. The first-order chi connectivity index (χ1) is 16.3. The molecule has 4 atom stereocenters. The maximum Gasteiger partial charge on any atom is 0.471 e. The fourth-order valence-corrected chi connectivity index (χ4v) is 6.97. The molecule has 4 unspecified atom stereocenters. The molecule has 4 aliphatic rings. The molecule has 0 aromatic heterocycles. The van der Waals surface area contributed by atoms with Crippen LogP contribution < -0.4 is 5.32 Å².